The number of imidazole rings is 1. The van der Waals surface area contributed by atoms with Gasteiger partial charge in [-0.05, 0) is 48.5 Å². The van der Waals surface area contributed by atoms with Gasteiger partial charge < -0.3 is 0 Å². The third kappa shape index (κ3) is 4.06. The van der Waals surface area contributed by atoms with Crippen LogP contribution in [0.4, 0.5) is 0 Å². The lowest BCUT2D eigenvalue weighted by molar-refractivity contribution is 0.103. The minimum atomic E-state index is -3.31. The number of halogens is 1. The van der Waals surface area contributed by atoms with E-state index < -0.39 is 9.84 Å². The van der Waals surface area contributed by atoms with Crippen LogP contribution in [0.5, 0.6) is 0 Å². The van der Waals surface area contributed by atoms with Crippen LogP contribution in [-0.2, 0) is 9.84 Å². The van der Waals surface area contributed by atoms with E-state index in [0.29, 0.717) is 27.7 Å². The first-order chi connectivity index (χ1) is 14.3. The molecule has 7 heteroatoms. The standard InChI is InChI=1S/C23H17ClN2O3S/c1-30(28,29)20-13-7-17(8-14-20)23-25-21(22(27)16-5-3-2-4-6-16)15-26(23)19-11-9-18(24)10-12-19/h2-15H,1H3. The summed E-state index contributed by atoms with van der Waals surface area (Å²) in [5.41, 5.74) is 2.29. The average molecular weight is 437 g/mol. The van der Waals surface area contributed by atoms with Crippen molar-refractivity contribution in [1.82, 2.24) is 9.55 Å². The Hall–Kier alpha value is -3.22. The molecule has 4 rings (SSSR count). The molecule has 0 saturated heterocycles. The Morgan fingerprint density at radius 3 is 2.13 bits per heavy atom. The summed E-state index contributed by atoms with van der Waals surface area (Å²) >= 11 is 6.02. The van der Waals surface area contributed by atoms with Crippen molar-refractivity contribution in [2.45, 2.75) is 4.90 Å². The maximum atomic E-state index is 12.9. The topological polar surface area (TPSA) is 69.0 Å². The zero-order valence-electron chi connectivity index (χ0n) is 16.0. The first-order valence-electron chi connectivity index (χ1n) is 9.08. The van der Waals surface area contributed by atoms with Gasteiger partial charge in [-0.2, -0.15) is 0 Å². The lowest BCUT2D eigenvalue weighted by Gasteiger charge is -2.08. The quantitative estimate of drug-likeness (QED) is 0.420. The Morgan fingerprint density at radius 2 is 1.53 bits per heavy atom. The van der Waals surface area contributed by atoms with Gasteiger partial charge in [0.15, 0.2) is 9.84 Å². The van der Waals surface area contributed by atoms with Crippen LogP contribution in [0.25, 0.3) is 17.1 Å². The second kappa shape index (κ2) is 7.89. The number of carbonyl (C=O) groups excluding carboxylic acids is 1. The molecule has 4 aromatic rings. The molecule has 150 valence electrons. The van der Waals surface area contributed by atoms with Gasteiger partial charge in [0.2, 0.25) is 5.78 Å². The van der Waals surface area contributed by atoms with Gasteiger partial charge in [-0.25, -0.2) is 13.4 Å². The lowest BCUT2D eigenvalue weighted by atomic mass is 10.1. The van der Waals surface area contributed by atoms with Crippen molar-refractivity contribution in [1.29, 1.82) is 0 Å². The molecule has 0 radical (unpaired) electrons. The number of hydrogen-bond acceptors (Lipinski definition) is 4. The van der Waals surface area contributed by atoms with Crippen molar-refractivity contribution in [3.8, 4) is 17.1 Å². The molecular weight excluding hydrogens is 420 g/mol. The fourth-order valence-electron chi connectivity index (χ4n) is 3.08. The zero-order valence-corrected chi connectivity index (χ0v) is 17.6. The van der Waals surface area contributed by atoms with Crippen LogP contribution in [0, 0.1) is 0 Å². The van der Waals surface area contributed by atoms with E-state index in [-0.39, 0.29) is 10.7 Å². The molecule has 0 spiro atoms. The summed E-state index contributed by atoms with van der Waals surface area (Å²) in [6.07, 6.45) is 2.84. The van der Waals surface area contributed by atoms with E-state index in [4.69, 9.17) is 11.6 Å². The van der Waals surface area contributed by atoms with Crippen molar-refractivity contribution in [2.75, 3.05) is 6.26 Å². The minimum absolute atomic E-state index is 0.197. The molecular formula is C23H17ClN2O3S. The second-order valence-corrected chi connectivity index (χ2v) is 9.24. The van der Waals surface area contributed by atoms with E-state index in [9.17, 15) is 13.2 Å². The summed E-state index contributed by atoms with van der Waals surface area (Å²) in [6, 6.07) is 22.5. The van der Waals surface area contributed by atoms with Crippen LogP contribution in [0.1, 0.15) is 16.1 Å². The molecule has 0 saturated carbocycles. The van der Waals surface area contributed by atoms with E-state index in [1.165, 1.54) is 12.1 Å². The van der Waals surface area contributed by atoms with Gasteiger partial charge in [0.05, 0.1) is 4.90 Å². The number of benzene rings is 3. The SMILES string of the molecule is CS(=O)(=O)c1ccc(-c2nc(C(=O)c3ccccc3)cn2-c2ccc(Cl)cc2)cc1. The summed E-state index contributed by atoms with van der Waals surface area (Å²) < 4.78 is 25.3. The maximum Gasteiger partial charge on any atom is 0.212 e. The number of sulfone groups is 1. The molecule has 0 amide bonds. The zero-order chi connectivity index (χ0) is 21.3. The van der Waals surface area contributed by atoms with Crippen LogP contribution in [-0.4, -0.2) is 30.0 Å². The number of ketones is 1. The first-order valence-corrected chi connectivity index (χ1v) is 11.4. The van der Waals surface area contributed by atoms with Gasteiger partial charge >= 0.3 is 0 Å². The maximum absolute atomic E-state index is 12.9. The predicted octanol–water partition coefficient (Wildman–Crippen LogP) is 4.83. The van der Waals surface area contributed by atoms with E-state index in [2.05, 4.69) is 4.98 Å². The molecule has 0 aliphatic rings. The minimum Gasteiger partial charge on any atom is -0.299 e. The van der Waals surface area contributed by atoms with E-state index in [0.717, 1.165) is 11.9 Å². The fourth-order valence-corrected chi connectivity index (χ4v) is 3.84. The van der Waals surface area contributed by atoms with Crippen LogP contribution < -0.4 is 0 Å². The van der Waals surface area contributed by atoms with Crippen molar-refractivity contribution < 1.29 is 13.2 Å². The summed E-state index contributed by atoms with van der Waals surface area (Å²) in [7, 11) is -3.31. The predicted molar refractivity (Wildman–Crippen MR) is 117 cm³/mol. The highest BCUT2D eigenvalue weighted by Crippen LogP contribution is 2.26. The fraction of sp³-hybridized carbons (Fsp3) is 0.0435. The molecule has 0 unspecified atom stereocenters. The summed E-state index contributed by atoms with van der Waals surface area (Å²) in [6.45, 7) is 0. The Kier molecular flexibility index (Phi) is 5.28. The molecule has 0 aliphatic carbocycles. The van der Waals surface area contributed by atoms with Gasteiger partial charge in [-0.1, -0.05) is 41.9 Å². The van der Waals surface area contributed by atoms with Gasteiger partial charge in [-0.15, -0.1) is 0 Å². The smallest absolute Gasteiger partial charge is 0.212 e. The second-order valence-electron chi connectivity index (χ2n) is 6.79. The third-order valence-electron chi connectivity index (χ3n) is 4.62. The van der Waals surface area contributed by atoms with E-state index >= 15 is 0 Å². The Bertz CT molecular complexity index is 1310. The van der Waals surface area contributed by atoms with Gasteiger partial charge in [0.1, 0.15) is 11.5 Å². The van der Waals surface area contributed by atoms with Crippen LogP contribution in [0.15, 0.2) is 90.0 Å². The number of rotatable bonds is 5. The molecule has 0 fully saturated rings. The molecule has 5 nitrogen and oxygen atoms in total. The van der Waals surface area contributed by atoms with Gasteiger partial charge in [-0.3, -0.25) is 9.36 Å². The van der Waals surface area contributed by atoms with Crippen LogP contribution in [0.2, 0.25) is 5.02 Å². The van der Waals surface area contributed by atoms with Crippen molar-refractivity contribution in [2.24, 2.45) is 0 Å². The molecule has 1 aromatic heterocycles. The summed E-state index contributed by atoms with van der Waals surface area (Å²) in [5.74, 6) is 0.328. The van der Waals surface area contributed by atoms with E-state index in [1.54, 1.807) is 59.3 Å². The molecule has 3 aromatic carbocycles. The molecule has 1 heterocycles. The van der Waals surface area contributed by atoms with Gasteiger partial charge in [0.25, 0.3) is 0 Å². The molecule has 0 bridgehead atoms. The molecule has 0 aliphatic heterocycles. The molecule has 0 atom stereocenters. The lowest BCUT2D eigenvalue weighted by Crippen LogP contribution is -2.01. The highest BCUT2D eigenvalue weighted by Gasteiger charge is 2.18. The van der Waals surface area contributed by atoms with Crippen LogP contribution in [0.3, 0.4) is 0 Å². The first kappa shape index (κ1) is 20.1. The Balaban J connectivity index is 1.84. The largest absolute Gasteiger partial charge is 0.299 e. The van der Waals surface area contributed by atoms with Crippen molar-refractivity contribution in [3.05, 3.63) is 101 Å². The normalized spacial score (nSPS) is 11.4. The highest BCUT2D eigenvalue weighted by molar-refractivity contribution is 7.90. The van der Waals surface area contributed by atoms with Gasteiger partial charge in [0, 0.05) is 34.3 Å². The average Bonchev–Trinajstić information content (AvgIpc) is 3.19. The molecule has 30 heavy (non-hydrogen) atoms. The Morgan fingerprint density at radius 1 is 0.900 bits per heavy atom. The third-order valence-corrected chi connectivity index (χ3v) is 6.00. The number of carbonyl (C=O) groups is 1. The van der Waals surface area contributed by atoms with Crippen molar-refractivity contribution >= 4 is 27.2 Å². The summed E-state index contributed by atoms with van der Waals surface area (Å²) in [5, 5.41) is 0.596. The monoisotopic (exact) mass is 436 g/mol. The summed E-state index contributed by atoms with van der Waals surface area (Å²) in [4.78, 5) is 17.7. The highest BCUT2D eigenvalue weighted by atomic mass is 35.5. The Labute approximate surface area is 179 Å². The van der Waals surface area contributed by atoms with Crippen LogP contribution >= 0.6 is 11.6 Å². The van der Waals surface area contributed by atoms with Crippen molar-refractivity contribution in [3.63, 3.8) is 0 Å². The number of aromatic nitrogens is 2. The number of hydrogen-bond donors (Lipinski definition) is 0. The number of nitrogens with zero attached hydrogens (tertiary/aromatic N) is 2. The molecule has 0 N–H and O–H groups in total. The van der Waals surface area contributed by atoms with E-state index in [1.807, 2.05) is 18.2 Å².